The van der Waals surface area contributed by atoms with Gasteiger partial charge in [-0.25, -0.2) is 4.79 Å². The van der Waals surface area contributed by atoms with Crippen LogP contribution >= 0.6 is 0 Å². The molecule has 0 heterocycles. The number of carboxylic acid groups (broad SMARTS) is 2. The van der Waals surface area contributed by atoms with Gasteiger partial charge in [-0.05, 0) is 6.92 Å². The van der Waals surface area contributed by atoms with E-state index < -0.39 is 13.5 Å². The van der Waals surface area contributed by atoms with Crippen LogP contribution in [0.4, 0.5) is 4.79 Å². The van der Waals surface area contributed by atoms with E-state index in [9.17, 15) is 0 Å². The van der Waals surface area contributed by atoms with Crippen molar-refractivity contribution in [3.8, 4) is 0 Å². The van der Waals surface area contributed by atoms with Gasteiger partial charge in [-0.15, -0.1) is 6.58 Å². The number of allylic oxidation sites excluding steroid dienone is 1. The molecule has 8 heteroatoms. The minimum absolute atomic E-state index is 0. The number of rotatable bonds is 0. The first-order valence-electron chi connectivity index (χ1n) is 2.41. The molecule has 0 radical (unpaired) electrons. The van der Waals surface area contributed by atoms with E-state index in [0.29, 0.717) is 0 Å². The third kappa shape index (κ3) is 474. The number of hydrogen-bond acceptors (Lipinski definition) is 5. The van der Waals surface area contributed by atoms with Crippen molar-refractivity contribution in [3.05, 3.63) is 12.7 Å². The molecule has 0 aliphatic heterocycles. The molecule has 0 aromatic carbocycles. The zero-order valence-electron chi connectivity index (χ0n) is 6.71. The third-order valence-electron chi connectivity index (χ3n) is 0. The van der Waals surface area contributed by atoms with Crippen LogP contribution in [0.5, 0.6) is 0 Å². The van der Waals surface area contributed by atoms with Gasteiger partial charge >= 0.3 is 13.5 Å². The van der Waals surface area contributed by atoms with E-state index in [0.717, 1.165) is 0 Å². The SMILES string of the molecule is C=CC.N.O=C(O)O.OB(O)O. The fraction of sp³-hybridized carbons (Fsp3) is 0.250. The fourth-order valence-corrected chi connectivity index (χ4v) is 0. The van der Waals surface area contributed by atoms with Gasteiger partial charge in [-0.1, -0.05) is 6.08 Å². The Hall–Kier alpha value is -1.09. The van der Waals surface area contributed by atoms with E-state index in [1.807, 2.05) is 6.92 Å². The molecule has 74 valence electrons. The number of carbonyl (C=O) groups is 1. The molecule has 0 aromatic rings. The van der Waals surface area contributed by atoms with Crippen LogP contribution in [0, 0.1) is 0 Å². The summed E-state index contributed by atoms with van der Waals surface area (Å²) in [6.07, 6.45) is -0.0833. The highest BCUT2D eigenvalue weighted by Gasteiger charge is 1.92. The van der Waals surface area contributed by atoms with Crippen LogP contribution in [-0.4, -0.2) is 38.8 Å². The van der Waals surface area contributed by atoms with E-state index in [1.165, 1.54) is 0 Å². The van der Waals surface area contributed by atoms with Crippen molar-refractivity contribution in [2.24, 2.45) is 0 Å². The van der Waals surface area contributed by atoms with E-state index in [-0.39, 0.29) is 6.15 Å². The fourth-order valence-electron chi connectivity index (χ4n) is 0. The maximum Gasteiger partial charge on any atom is 0.631 e. The molecule has 0 aliphatic carbocycles. The van der Waals surface area contributed by atoms with Crippen molar-refractivity contribution in [3.63, 3.8) is 0 Å². The second kappa shape index (κ2) is 22.5. The summed E-state index contributed by atoms with van der Waals surface area (Å²) in [5.41, 5.74) is 0. The summed E-state index contributed by atoms with van der Waals surface area (Å²) < 4.78 is 0. The largest absolute Gasteiger partial charge is 0.631 e. The van der Waals surface area contributed by atoms with Crippen LogP contribution in [0.15, 0.2) is 12.7 Å². The van der Waals surface area contributed by atoms with Gasteiger partial charge in [0.05, 0.1) is 0 Å². The Morgan fingerprint density at radius 3 is 1.33 bits per heavy atom. The highest BCUT2D eigenvalue weighted by molar-refractivity contribution is 6.30. The predicted molar refractivity (Wildman–Crippen MR) is 44.0 cm³/mol. The van der Waals surface area contributed by atoms with Gasteiger partial charge in [0.1, 0.15) is 0 Å². The Morgan fingerprint density at radius 1 is 1.33 bits per heavy atom. The van der Waals surface area contributed by atoms with Gasteiger partial charge in [0.25, 0.3) is 0 Å². The molecule has 8 N–H and O–H groups in total. The van der Waals surface area contributed by atoms with Crippen molar-refractivity contribution in [1.29, 1.82) is 0 Å². The van der Waals surface area contributed by atoms with Gasteiger partial charge in [0.15, 0.2) is 0 Å². The molecular formula is C4H14BNO6. The summed E-state index contributed by atoms with van der Waals surface area (Å²) >= 11 is 0. The lowest BCUT2D eigenvalue weighted by atomic mass is 10.3. The lowest BCUT2D eigenvalue weighted by Crippen LogP contribution is -2.07. The Morgan fingerprint density at radius 2 is 1.33 bits per heavy atom. The van der Waals surface area contributed by atoms with Crippen molar-refractivity contribution >= 4 is 13.5 Å². The van der Waals surface area contributed by atoms with Crippen molar-refractivity contribution in [2.75, 3.05) is 0 Å². The molecule has 0 amide bonds. The number of hydrogen-bond donors (Lipinski definition) is 6. The van der Waals surface area contributed by atoms with Crippen LogP contribution in [0.25, 0.3) is 0 Å². The Balaban J connectivity index is -0.0000000389. The van der Waals surface area contributed by atoms with Gasteiger partial charge < -0.3 is 31.4 Å². The highest BCUT2D eigenvalue weighted by Crippen LogP contribution is 1.42. The summed E-state index contributed by atoms with van der Waals surface area (Å²) in [5, 5.41) is 35.4. The Bertz CT molecular complexity index is 90.8. The van der Waals surface area contributed by atoms with Gasteiger partial charge in [0.2, 0.25) is 0 Å². The normalized spacial score (nSPS) is 5.33. The molecule has 0 aromatic heterocycles. The first kappa shape index (κ1) is 22.4. The molecule has 0 bridgehead atoms. The van der Waals surface area contributed by atoms with Gasteiger partial charge in [0, 0.05) is 0 Å². The van der Waals surface area contributed by atoms with Crippen LogP contribution in [0.1, 0.15) is 6.92 Å². The maximum atomic E-state index is 8.56. The summed E-state index contributed by atoms with van der Waals surface area (Å²) in [5.74, 6) is 0. The second-order valence-electron chi connectivity index (χ2n) is 1.04. The molecule has 0 spiro atoms. The highest BCUT2D eigenvalue weighted by atomic mass is 16.6. The van der Waals surface area contributed by atoms with E-state index >= 15 is 0 Å². The minimum atomic E-state index is -2.17. The lowest BCUT2D eigenvalue weighted by Gasteiger charge is -1.69. The first-order valence-corrected chi connectivity index (χ1v) is 2.41. The van der Waals surface area contributed by atoms with E-state index in [2.05, 4.69) is 6.58 Å². The molecule has 0 saturated carbocycles. The monoisotopic (exact) mass is 183 g/mol. The van der Waals surface area contributed by atoms with Gasteiger partial charge in [-0.2, -0.15) is 0 Å². The van der Waals surface area contributed by atoms with E-state index in [4.69, 9.17) is 30.1 Å². The Labute approximate surface area is 70.4 Å². The van der Waals surface area contributed by atoms with Crippen molar-refractivity contribution < 1.29 is 30.1 Å². The molecule has 7 nitrogen and oxygen atoms in total. The quantitative estimate of drug-likeness (QED) is 0.219. The summed E-state index contributed by atoms with van der Waals surface area (Å²) in [7, 11) is -2.17. The first-order chi connectivity index (χ1) is 4.88. The maximum absolute atomic E-state index is 8.56. The molecule has 0 saturated heterocycles. The predicted octanol–water partition coefficient (Wildman–Crippen LogP) is -0.475. The third-order valence-corrected chi connectivity index (χ3v) is 0. The van der Waals surface area contributed by atoms with Crippen LogP contribution in [-0.2, 0) is 0 Å². The zero-order valence-corrected chi connectivity index (χ0v) is 6.71. The second-order valence-corrected chi connectivity index (χ2v) is 1.04. The van der Waals surface area contributed by atoms with Crippen molar-refractivity contribution in [1.82, 2.24) is 6.15 Å². The summed E-state index contributed by atoms with van der Waals surface area (Å²) in [6, 6.07) is 0. The van der Waals surface area contributed by atoms with Crippen LogP contribution in [0.3, 0.4) is 0 Å². The summed E-state index contributed by atoms with van der Waals surface area (Å²) in [4.78, 5) is 8.56. The molecule has 0 atom stereocenters. The molecule has 12 heavy (non-hydrogen) atoms. The van der Waals surface area contributed by atoms with E-state index in [1.54, 1.807) is 6.08 Å². The Kier molecular flexibility index (Phi) is 42.1. The minimum Gasteiger partial charge on any atom is -0.450 e. The lowest BCUT2D eigenvalue weighted by molar-refractivity contribution is 0.137. The topological polar surface area (TPSA) is 153 Å². The van der Waals surface area contributed by atoms with Crippen LogP contribution < -0.4 is 6.15 Å². The molecular weight excluding hydrogens is 169 g/mol. The molecule has 0 rings (SSSR count). The standard InChI is InChI=1S/C3H6.CH2O3.BH3O3.H3N/c1-3-2;2*2-1(3)4;/h3H,1H2,2H3;(H2,2,3,4);2-4H;1H3. The summed E-state index contributed by atoms with van der Waals surface area (Å²) in [6.45, 7) is 5.25. The van der Waals surface area contributed by atoms with Crippen LogP contribution in [0.2, 0.25) is 0 Å². The molecule has 0 aliphatic rings. The zero-order chi connectivity index (χ0) is 9.86. The molecule has 0 unspecified atom stereocenters. The average molecular weight is 183 g/mol. The smallest absolute Gasteiger partial charge is 0.450 e. The van der Waals surface area contributed by atoms with Gasteiger partial charge in [-0.3, -0.25) is 0 Å². The van der Waals surface area contributed by atoms with Crippen molar-refractivity contribution in [2.45, 2.75) is 6.92 Å². The average Bonchev–Trinajstić information content (AvgIpc) is 1.60. The molecule has 0 fully saturated rings.